The molecular weight excluding hydrogens is 101 g/mol. The quantitative estimate of drug-likeness (QED) is 0.451. The molecule has 1 atom stereocenters. The number of rotatable bonds is 1. The van der Waals surface area contributed by atoms with Gasteiger partial charge in [-0.05, 0) is 12.8 Å². The highest BCUT2D eigenvalue weighted by atomic mass is 16.1. The maximum absolute atomic E-state index is 10.7. The SMILES string of the molecule is BNC1CCCC1=O. The molecule has 0 aromatic carbocycles. The molecule has 1 fully saturated rings. The predicted molar refractivity (Wildman–Crippen MR) is 34.3 cm³/mol. The van der Waals surface area contributed by atoms with Gasteiger partial charge in [-0.1, -0.05) is 0 Å². The zero-order valence-electron chi connectivity index (χ0n) is 5.11. The van der Waals surface area contributed by atoms with Crippen LogP contribution in [0.4, 0.5) is 0 Å². The number of carbonyl (C=O) groups excluding carboxylic acids is 1. The highest BCUT2D eigenvalue weighted by molar-refractivity contribution is 6.07. The molecule has 0 amide bonds. The lowest BCUT2D eigenvalue weighted by atomic mass is 10.2. The molecule has 1 N–H and O–H groups in total. The van der Waals surface area contributed by atoms with Gasteiger partial charge in [0.25, 0.3) is 0 Å². The van der Waals surface area contributed by atoms with Crippen LogP contribution >= 0.6 is 0 Å². The van der Waals surface area contributed by atoms with Gasteiger partial charge in [0, 0.05) is 6.42 Å². The van der Waals surface area contributed by atoms with E-state index in [1.807, 2.05) is 7.98 Å². The van der Waals surface area contributed by atoms with Gasteiger partial charge in [0.2, 0.25) is 0 Å². The molecule has 2 nitrogen and oxygen atoms in total. The first kappa shape index (κ1) is 5.82. The Morgan fingerprint density at radius 3 is 2.75 bits per heavy atom. The zero-order chi connectivity index (χ0) is 5.98. The molecule has 44 valence electrons. The van der Waals surface area contributed by atoms with Crippen LogP contribution in [0.15, 0.2) is 0 Å². The van der Waals surface area contributed by atoms with Gasteiger partial charge in [0.05, 0.1) is 6.04 Å². The largest absolute Gasteiger partial charge is 0.353 e. The van der Waals surface area contributed by atoms with Crippen LogP contribution in [-0.2, 0) is 4.79 Å². The molecule has 0 aliphatic heterocycles. The zero-order valence-corrected chi connectivity index (χ0v) is 5.11. The van der Waals surface area contributed by atoms with Gasteiger partial charge in [0.15, 0.2) is 7.98 Å². The van der Waals surface area contributed by atoms with Crippen molar-refractivity contribution in [3.8, 4) is 0 Å². The third kappa shape index (κ3) is 0.918. The van der Waals surface area contributed by atoms with Crippen molar-refractivity contribution in [1.82, 2.24) is 5.23 Å². The fraction of sp³-hybridized carbons (Fsp3) is 0.800. The Morgan fingerprint density at radius 2 is 2.50 bits per heavy atom. The maximum Gasteiger partial charge on any atom is 0.182 e. The molecule has 3 heteroatoms. The summed E-state index contributed by atoms with van der Waals surface area (Å²) in [5.41, 5.74) is 0. The summed E-state index contributed by atoms with van der Waals surface area (Å²) in [6.07, 6.45) is 2.89. The van der Waals surface area contributed by atoms with Crippen LogP contribution < -0.4 is 5.23 Å². The number of Topliss-reactive ketones (excluding diaryl/α,β-unsaturated/α-hetero) is 1. The first-order valence-corrected chi connectivity index (χ1v) is 3.04. The highest BCUT2D eigenvalue weighted by Crippen LogP contribution is 2.12. The molecule has 0 saturated heterocycles. The van der Waals surface area contributed by atoms with E-state index < -0.39 is 0 Å². The standard InChI is InChI=1S/C5H10BNO/c6-7-4-2-1-3-5(4)8/h4,7H,1-3,6H2. The monoisotopic (exact) mass is 111 g/mol. The van der Waals surface area contributed by atoms with Gasteiger partial charge < -0.3 is 5.23 Å². The molecule has 1 aliphatic carbocycles. The van der Waals surface area contributed by atoms with E-state index in [9.17, 15) is 4.79 Å². The minimum Gasteiger partial charge on any atom is -0.353 e. The smallest absolute Gasteiger partial charge is 0.182 e. The first-order chi connectivity index (χ1) is 3.84. The average molecular weight is 111 g/mol. The summed E-state index contributed by atoms with van der Waals surface area (Å²) in [7, 11) is 1.84. The Hall–Kier alpha value is -0.305. The van der Waals surface area contributed by atoms with Crippen molar-refractivity contribution < 1.29 is 4.79 Å². The Bertz CT molecular complexity index is 105. The van der Waals surface area contributed by atoms with Crippen molar-refractivity contribution in [1.29, 1.82) is 0 Å². The van der Waals surface area contributed by atoms with Gasteiger partial charge in [-0.3, -0.25) is 4.79 Å². The third-order valence-electron chi connectivity index (χ3n) is 1.65. The fourth-order valence-corrected chi connectivity index (χ4v) is 1.12. The van der Waals surface area contributed by atoms with E-state index in [2.05, 4.69) is 5.23 Å². The molecule has 1 unspecified atom stereocenters. The number of nitrogens with one attached hydrogen (secondary N) is 1. The van der Waals surface area contributed by atoms with Crippen molar-refractivity contribution in [2.24, 2.45) is 0 Å². The average Bonchev–Trinajstić information content (AvgIpc) is 2.14. The van der Waals surface area contributed by atoms with Gasteiger partial charge in [-0.15, -0.1) is 0 Å². The van der Waals surface area contributed by atoms with E-state index in [1.54, 1.807) is 0 Å². The molecule has 0 spiro atoms. The van der Waals surface area contributed by atoms with E-state index in [-0.39, 0.29) is 6.04 Å². The number of ketones is 1. The van der Waals surface area contributed by atoms with Gasteiger partial charge in [0.1, 0.15) is 5.78 Å². The summed E-state index contributed by atoms with van der Waals surface area (Å²) in [4.78, 5) is 10.7. The third-order valence-corrected chi connectivity index (χ3v) is 1.65. The summed E-state index contributed by atoms with van der Waals surface area (Å²) in [6.45, 7) is 0. The molecule has 0 aromatic rings. The summed E-state index contributed by atoms with van der Waals surface area (Å²) >= 11 is 0. The molecular formula is C5H10BNO. The number of hydrogen-bond donors (Lipinski definition) is 1. The topological polar surface area (TPSA) is 29.1 Å². The Morgan fingerprint density at radius 1 is 1.75 bits per heavy atom. The number of hydrogen-bond acceptors (Lipinski definition) is 2. The summed E-state index contributed by atoms with van der Waals surface area (Å²) in [5, 5.41) is 2.96. The van der Waals surface area contributed by atoms with Crippen LogP contribution in [0.25, 0.3) is 0 Å². The lowest BCUT2D eigenvalue weighted by Crippen LogP contribution is -2.29. The van der Waals surface area contributed by atoms with E-state index in [1.165, 1.54) is 0 Å². The minimum absolute atomic E-state index is 0.176. The molecule has 0 aromatic heterocycles. The summed E-state index contributed by atoms with van der Waals surface area (Å²) in [5.74, 6) is 0.382. The Balaban J connectivity index is 2.42. The minimum atomic E-state index is 0.176. The van der Waals surface area contributed by atoms with E-state index in [0.29, 0.717) is 5.78 Å². The van der Waals surface area contributed by atoms with Crippen LogP contribution in [0.3, 0.4) is 0 Å². The van der Waals surface area contributed by atoms with Crippen LogP contribution in [0.5, 0.6) is 0 Å². The second-order valence-corrected chi connectivity index (χ2v) is 2.20. The highest BCUT2D eigenvalue weighted by Gasteiger charge is 2.21. The van der Waals surface area contributed by atoms with Crippen LogP contribution in [-0.4, -0.2) is 19.8 Å². The maximum atomic E-state index is 10.7. The molecule has 1 saturated carbocycles. The van der Waals surface area contributed by atoms with Crippen molar-refractivity contribution >= 4 is 13.8 Å². The second-order valence-electron chi connectivity index (χ2n) is 2.20. The van der Waals surface area contributed by atoms with Crippen molar-refractivity contribution in [3.63, 3.8) is 0 Å². The molecule has 1 rings (SSSR count). The molecule has 1 aliphatic rings. The normalized spacial score (nSPS) is 29.0. The van der Waals surface area contributed by atoms with Crippen LogP contribution in [0, 0.1) is 0 Å². The Kier molecular flexibility index (Phi) is 1.68. The lowest BCUT2D eigenvalue weighted by molar-refractivity contribution is -0.118. The van der Waals surface area contributed by atoms with Gasteiger partial charge in [-0.25, -0.2) is 0 Å². The lowest BCUT2D eigenvalue weighted by Gasteiger charge is -2.02. The van der Waals surface area contributed by atoms with E-state index >= 15 is 0 Å². The molecule has 0 bridgehead atoms. The van der Waals surface area contributed by atoms with Crippen LogP contribution in [0.2, 0.25) is 0 Å². The van der Waals surface area contributed by atoms with E-state index in [4.69, 9.17) is 0 Å². The van der Waals surface area contributed by atoms with Gasteiger partial charge in [-0.2, -0.15) is 0 Å². The summed E-state index contributed by atoms with van der Waals surface area (Å²) in [6, 6.07) is 0.176. The predicted octanol–water partition coefficient (Wildman–Crippen LogP) is -0.754. The fourth-order valence-electron chi connectivity index (χ4n) is 1.12. The number of carbonyl (C=O) groups is 1. The van der Waals surface area contributed by atoms with Crippen LogP contribution in [0.1, 0.15) is 19.3 Å². The first-order valence-electron chi connectivity index (χ1n) is 3.04. The van der Waals surface area contributed by atoms with Crippen molar-refractivity contribution in [3.05, 3.63) is 0 Å². The molecule has 0 radical (unpaired) electrons. The molecule has 0 heterocycles. The van der Waals surface area contributed by atoms with E-state index in [0.717, 1.165) is 19.3 Å². The Labute approximate surface area is 50.1 Å². The van der Waals surface area contributed by atoms with Gasteiger partial charge >= 0.3 is 0 Å². The van der Waals surface area contributed by atoms with Crippen molar-refractivity contribution in [2.75, 3.05) is 0 Å². The van der Waals surface area contributed by atoms with Crippen molar-refractivity contribution in [2.45, 2.75) is 25.3 Å². The summed E-state index contributed by atoms with van der Waals surface area (Å²) < 4.78 is 0. The second kappa shape index (κ2) is 2.31. The molecule has 8 heavy (non-hydrogen) atoms.